The zero-order valence-corrected chi connectivity index (χ0v) is 19.1. The van der Waals surface area contributed by atoms with Crippen molar-refractivity contribution in [3.63, 3.8) is 0 Å². The Morgan fingerprint density at radius 1 is 1.10 bits per heavy atom. The molecule has 0 spiro atoms. The number of nitrogens with zero attached hydrogens (tertiary/aromatic N) is 1. The summed E-state index contributed by atoms with van der Waals surface area (Å²) in [5.74, 6) is 0.640. The lowest BCUT2D eigenvalue weighted by molar-refractivity contribution is -0.141. The molecular formula is C22H38N2O4S. The fourth-order valence-corrected chi connectivity index (χ4v) is 5.53. The number of thioether (sulfide) groups is 1. The van der Waals surface area contributed by atoms with Gasteiger partial charge in [0.05, 0.1) is 0 Å². The average molecular weight is 427 g/mol. The first-order chi connectivity index (χ1) is 13.7. The molecule has 0 aromatic rings. The van der Waals surface area contributed by atoms with E-state index in [1.807, 2.05) is 25.7 Å². The number of carbonyl (C=O) groups is 3. The van der Waals surface area contributed by atoms with Gasteiger partial charge in [-0.1, -0.05) is 40.0 Å². The predicted octanol–water partition coefficient (Wildman–Crippen LogP) is 3.69. The van der Waals surface area contributed by atoms with Crippen LogP contribution in [0.4, 0.5) is 0 Å². The average Bonchev–Trinajstić information content (AvgIpc) is 3.08. The van der Waals surface area contributed by atoms with Crippen LogP contribution in [-0.4, -0.2) is 57.9 Å². The molecule has 2 rings (SSSR count). The van der Waals surface area contributed by atoms with E-state index >= 15 is 0 Å². The van der Waals surface area contributed by atoms with E-state index in [-0.39, 0.29) is 23.3 Å². The molecule has 2 atom stereocenters. The number of hydrogen-bond donors (Lipinski definition) is 2. The molecule has 0 radical (unpaired) electrons. The largest absolute Gasteiger partial charge is 0.480 e. The lowest BCUT2D eigenvalue weighted by atomic mass is 9.86. The fourth-order valence-electron chi connectivity index (χ4n) is 4.32. The highest BCUT2D eigenvalue weighted by atomic mass is 32.2. The number of carboxylic acid groups (broad SMARTS) is 1. The Bertz CT molecular complexity index is 570. The van der Waals surface area contributed by atoms with Gasteiger partial charge in [-0.15, -0.1) is 0 Å². The summed E-state index contributed by atoms with van der Waals surface area (Å²) in [6.45, 7) is 6.68. The number of carbonyl (C=O) groups excluding carboxylic acids is 2. The van der Waals surface area contributed by atoms with Gasteiger partial charge in [0, 0.05) is 36.9 Å². The first kappa shape index (κ1) is 24.0. The molecule has 1 saturated carbocycles. The molecule has 6 nitrogen and oxygen atoms in total. The van der Waals surface area contributed by atoms with E-state index in [9.17, 15) is 19.5 Å². The second kappa shape index (κ2) is 11.2. The van der Waals surface area contributed by atoms with Gasteiger partial charge in [0.1, 0.15) is 6.04 Å². The summed E-state index contributed by atoms with van der Waals surface area (Å²) in [6, 6.07) is -0.696. The topological polar surface area (TPSA) is 86.7 Å². The summed E-state index contributed by atoms with van der Waals surface area (Å²) in [6.07, 6.45) is 9.11. The van der Waals surface area contributed by atoms with E-state index < -0.39 is 12.0 Å². The van der Waals surface area contributed by atoms with Gasteiger partial charge in [0.2, 0.25) is 11.8 Å². The fraction of sp³-hybridized carbons (Fsp3) is 0.864. The third kappa shape index (κ3) is 8.57. The van der Waals surface area contributed by atoms with Crippen LogP contribution in [0.2, 0.25) is 0 Å². The Labute approximate surface area is 179 Å². The van der Waals surface area contributed by atoms with Crippen molar-refractivity contribution in [1.29, 1.82) is 0 Å². The first-order valence-electron chi connectivity index (χ1n) is 11.0. The minimum Gasteiger partial charge on any atom is -0.480 e. The Kier molecular flexibility index (Phi) is 9.31. The van der Waals surface area contributed by atoms with Crippen molar-refractivity contribution in [3.8, 4) is 0 Å². The zero-order valence-electron chi connectivity index (χ0n) is 18.2. The van der Waals surface area contributed by atoms with E-state index in [0.717, 1.165) is 25.1 Å². The molecular weight excluding hydrogens is 388 g/mol. The maximum atomic E-state index is 12.8. The van der Waals surface area contributed by atoms with Gasteiger partial charge < -0.3 is 15.3 Å². The van der Waals surface area contributed by atoms with Crippen molar-refractivity contribution >= 4 is 29.5 Å². The van der Waals surface area contributed by atoms with Crippen LogP contribution in [0.3, 0.4) is 0 Å². The second-order valence-corrected chi connectivity index (χ2v) is 10.9. The number of likely N-dealkylation sites (tertiary alicyclic amines) is 1. The summed E-state index contributed by atoms with van der Waals surface area (Å²) < 4.78 is 0. The molecule has 7 heteroatoms. The molecule has 2 N–H and O–H groups in total. The maximum Gasteiger partial charge on any atom is 0.327 e. The minimum absolute atomic E-state index is 0.177. The number of carboxylic acids is 1. The van der Waals surface area contributed by atoms with E-state index in [1.165, 1.54) is 43.9 Å². The monoisotopic (exact) mass is 426 g/mol. The van der Waals surface area contributed by atoms with Gasteiger partial charge in [-0.25, -0.2) is 4.79 Å². The van der Waals surface area contributed by atoms with Crippen LogP contribution >= 0.6 is 11.8 Å². The molecule has 1 saturated heterocycles. The SMILES string of the molecule is CC(C)(C)CC(=O)N[C@@H](CSC[C@@H]1CCCN1C(=O)CC1CCCCC1)C(=O)O. The first-order valence-corrected chi connectivity index (χ1v) is 12.2. The second-order valence-electron chi connectivity index (χ2n) is 9.82. The number of aliphatic carboxylic acids is 1. The van der Waals surface area contributed by atoms with E-state index in [2.05, 4.69) is 5.32 Å². The van der Waals surface area contributed by atoms with Gasteiger partial charge in [0.15, 0.2) is 0 Å². The van der Waals surface area contributed by atoms with Crippen molar-refractivity contribution in [3.05, 3.63) is 0 Å². The molecule has 0 aromatic heterocycles. The summed E-state index contributed by atoms with van der Waals surface area (Å²) in [4.78, 5) is 38.4. The van der Waals surface area contributed by atoms with E-state index in [0.29, 0.717) is 24.5 Å². The molecule has 1 aliphatic carbocycles. The van der Waals surface area contributed by atoms with Crippen molar-refractivity contribution < 1.29 is 19.5 Å². The van der Waals surface area contributed by atoms with Crippen molar-refractivity contribution in [1.82, 2.24) is 10.2 Å². The normalized spacial score (nSPS) is 21.8. The third-order valence-electron chi connectivity index (χ3n) is 5.80. The molecule has 1 aliphatic heterocycles. The molecule has 29 heavy (non-hydrogen) atoms. The highest BCUT2D eigenvalue weighted by Crippen LogP contribution is 2.29. The molecule has 166 valence electrons. The van der Waals surface area contributed by atoms with Crippen LogP contribution in [0.25, 0.3) is 0 Å². The number of nitrogens with one attached hydrogen (secondary N) is 1. The van der Waals surface area contributed by atoms with E-state index in [4.69, 9.17) is 0 Å². The standard InChI is InChI=1S/C22H38N2O4S/c1-22(2,3)13-19(25)23-18(21(27)28)15-29-14-17-10-7-11-24(17)20(26)12-16-8-5-4-6-9-16/h16-18H,4-15H2,1-3H3,(H,23,25)(H,27,28)/t17-,18-/m0/s1. The smallest absolute Gasteiger partial charge is 0.327 e. The van der Waals surface area contributed by atoms with Crippen molar-refractivity contribution in [2.24, 2.45) is 11.3 Å². The van der Waals surface area contributed by atoms with Crippen LogP contribution in [0.1, 0.15) is 78.6 Å². The molecule has 2 fully saturated rings. The summed E-state index contributed by atoms with van der Waals surface area (Å²) >= 11 is 1.52. The summed E-state index contributed by atoms with van der Waals surface area (Å²) in [7, 11) is 0. The molecule has 2 amide bonds. The van der Waals surface area contributed by atoms with Crippen molar-refractivity contribution in [2.45, 2.75) is 90.6 Å². The van der Waals surface area contributed by atoms with Gasteiger partial charge in [-0.05, 0) is 37.0 Å². The van der Waals surface area contributed by atoms with Crippen LogP contribution in [0.15, 0.2) is 0 Å². The van der Waals surface area contributed by atoms with Crippen molar-refractivity contribution in [2.75, 3.05) is 18.1 Å². The Morgan fingerprint density at radius 2 is 1.79 bits per heavy atom. The highest BCUT2D eigenvalue weighted by Gasteiger charge is 2.31. The van der Waals surface area contributed by atoms with Gasteiger partial charge >= 0.3 is 5.97 Å². The Balaban J connectivity index is 1.78. The molecule has 2 aliphatic rings. The highest BCUT2D eigenvalue weighted by molar-refractivity contribution is 7.99. The molecule has 1 heterocycles. The third-order valence-corrected chi connectivity index (χ3v) is 6.99. The van der Waals surface area contributed by atoms with E-state index in [1.54, 1.807) is 0 Å². The minimum atomic E-state index is -1.00. The number of amides is 2. The van der Waals surface area contributed by atoms with Crippen LogP contribution in [0.5, 0.6) is 0 Å². The quantitative estimate of drug-likeness (QED) is 0.587. The maximum absolute atomic E-state index is 12.8. The molecule has 0 unspecified atom stereocenters. The molecule has 0 aromatic carbocycles. The summed E-state index contributed by atoms with van der Waals surface area (Å²) in [5, 5.41) is 12.1. The predicted molar refractivity (Wildman–Crippen MR) is 117 cm³/mol. The number of rotatable bonds is 9. The lowest BCUT2D eigenvalue weighted by Crippen LogP contribution is -2.44. The van der Waals surface area contributed by atoms with Gasteiger partial charge in [-0.3, -0.25) is 9.59 Å². The van der Waals surface area contributed by atoms with Crippen LogP contribution in [-0.2, 0) is 14.4 Å². The Hall–Kier alpha value is -1.24. The van der Waals surface area contributed by atoms with Gasteiger partial charge in [0.25, 0.3) is 0 Å². The van der Waals surface area contributed by atoms with Gasteiger partial charge in [-0.2, -0.15) is 11.8 Å². The zero-order chi connectivity index (χ0) is 21.4. The van der Waals surface area contributed by atoms with Crippen LogP contribution < -0.4 is 5.32 Å². The Morgan fingerprint density at radius 3 is 2.41 bits per heavy atom. The van der Waals surface area contributed by atoms with Crippen LogP contribution in [0, 0.1) is 11.3 Å². The lowest BCUT2D eigenvalue weighted by Gasteiger charge is -2.28. The number of hydrogen-bond acceptors (Lipinski definition) is 4. The summed E-state index contributed by atoms with van der Waals surface area (Å²) in [5.41, 5.74) is -0.177. The molecule has 0 bridgehead atoms.